The summed E-state index contributed by atoms with van der Waals surface area (Å²) < 4.78 is 5.19. The third-order valence-electron chi connectivity index (χ3n) is 3.48. The van der Waals surface area contributed by atoms with Crippen LogP contribution in [0.1, 0.15) is 58.3 Å². The first kappa shape index (κ1) is 21.7. The summed E-state index contributed by atoms with van der Waals surface area (Å²) in [6.45, 7) is 2.84. The number of carbonyl (C=O) groups excluding carboxylic acids is 1. The summed E-state index contributed by atoms with van der Waals surface area (Å²) in [6.07, 6.45) is 14.3. The van der Waals surface area contributed by atoms with Crippen LogP contribution in [0, 0.1) is 22.7 Å². The van der Waals surface area contributed by atoms with E-state index in [-0.39, 0.29) is 18.1 Å². The summed E-state index contributed by atoms with van der Waals surface area (Å²) in [5.41, 5.74) is 0.0249. The molecule has 0 aromatic carbocycles. The maximum atomic E-state index is 11.7. The second-order valence-electron chi connectivity index (χ2n) is 5.76. The van der Waals surface area contributed by atoms with Gasteiger partial charge < -0.3 is 9.64 Å². The Kier molecular flexibility index (Phi) is 14.1. The van der Waals surface area contributed by atoms with E-state index in [1.54, 1.807) is 36.4 Å². The van der Waals surface area contributed by atoms with Gasteiger partial charge in [0.05, 0.1) is 6.61 Å². The van der Waals surface area contributed by atoms with Crippen molar-refractivity contribution in [2.24, 2.45) is 0 Å². The van der Waals surface area contributed by atoms with E-state index in [0.717, 1.165) is 12.8 Å². The highest BCUT2D eigenvalue weighted by Crippen LogP contribution is 2.08. The van der Waals surface area contributed by atoms with E-state index in [2.05, 4.69) is 6.92 Å². The van der Waals surface area contributed by atoms with Crippen molar-refractivity contribution in [3.05, 3.63) is 23.9 Å². The zero-order chi connectivity index (χ0) is 18.0. The number of allylic oxidation sites excluding steroid dienone is 3. The number of likely N-dealkylation sites (N-methyl/N-ethyl adjacent to an activating group) is 1. The van der Waals surface area contributed by atoms with E-state index in [1.807, 2.05) is 0 Å². The van der Waals surface area contributed by atoms with Crippen LogP contribution >= 0.6 is 0 Å². The first-order valence-corrected chi connectivity index (χ1v) is 8.68. The molecule has 0 N–H and O–H groups in total. The Hall–Kier alpha value is -2.27. The molecule has 0 atom stereocenters. The van der Waals surface area contributed by atoms with Crippen LogP contribution in [0.4, 0.5) is 0 Å². The first-order valence-electron chi connectivity index (χ1n) is 8.68. The fraction of sp³-hybridized carbons (Fsp3) is 0.632. The molecular weight excluding hydrogens is 302 g/mol. The molecule has 0 saturated heterocycles. The van der Waals surface area contributed by atoms with Crippen LogP contribution in [0.15, 0.2) is 23.9 Å². The van der Waals surface area contributed by atoms with Crippen LogP contribution in [0.3, 0.4) is 0 Å². The Labute approximate surface area is 146 Å². The molecule has 0 radical (unpaired) electrons. The lowest BCUT2D eigenvalue weighted by atomic mass is 10.1. The summed E-state index contributed by atoms with van der Waals surface area (Å²) in [5.74, 6) is -0.269. The third kappa shape index (κ3) is 13.4. The van der Waals surface area contributed by atoms with Crippen LogP contribution in [0.2, 0.25) is 0 Å². The maximum Gasteiger partial charge on any atom is 0.325 e. The topological polar surface area (TPSA) is 77.1 Å². The minimum absolute atomic E-state index is 0.0249. The zero-order valence-electron chi connectivity index (χ0n) is 15.0. The van der Waals surface area contributed by atoms with E-state index in [0.29, 0.717) is 6.61 Å². The number of rotatable bonds is 13. The normalized spacial score (nSPS) is 10.0. The molecular formula is C19H29N3O2. The number of carbonyl (C=O) groups is 1. The van der Waals surface area contributed by atoms with Gasteiger partial charge in [0.1, 0.15) is 24.3 Å². The van der Waals surface area contributed by atoms with Crippen molar-refractivity contribution >= 4 is 5.97 Å². The summed E-state index contributed by atoms with van der Waals surface area (Å²) in [7, 11) is 1.74. The molecule has 0 aromatic rings. The number of unbranched alkanes of at least 4 members (excludes halogenated alkanes) is 7. The van der Waals surface area contributed by atoms with E-state index in [9.17, 15) is 4.79 Å². The summed E-state index contributed by atoms with van der Waals surface area (Å²) >= 11 is 0. The molecule has 132 valence electrons. The van der Waals surface area contributed by atoms with Gasteiger partial charge in [0.2, 0.25) is 0 Å². The predicted molar refractivity (Wildman–Crippen MR) is 94.6 cm³/mol. The molecule has 0 spiro atoms. The fourth-order valence-corrected chi connectivity index (χ4v) is 2.11. The summed E-state index contributed by atoms with van der Waals surface area (Å²) in [5, 5.41) is 17.2. The molecule has 0 aliphatic rings. The third-order valence-corrected chi connectivity index (χ3v) is 3.48. The lowest BCUT2D eigenvalue weighted by Crippen LogP contribution is -2.23. The van der Waals surface area contributed by atoms with Gasteiger partial charge in [0.25, 0.3) is 0 Å². The van der Waals surface area contributed by atoms with Gasteiger partial charge in [-0.15, -0.1) is 0 Å². The molecule has 24 heavy (non-hydrogen) atoms. The molecule has 0 saturated carbocycles. The monoisotopic (exact) mass is 331 g/mol. The summed E-state index contributed by atoms with van der Waals surface area (Å²) in [6, 6.07) is 3.53. The van der Waals surface area contributed by atoms with Crippen molar-refractivity contribution in [3.8, 4) is 12.1 Å². The van der Waals surface area contributed by atoms with Crippen molar-refractivity contribution in [1.82, 2.24) is 4.90 Å². The van der Waals surface area contributed by atoms with Gasteiger partial charge in [-0.2, -0.15) is 10.5 Å². The van der Waals surface area contributed by atoms with Gasteiger partial charge in [-0.25, -0.2) is 0 Å². The molecule has 5 nitrogen and oxygen atoms in total. The van der Waals surface area contributed by atoms with E-state index >= 15 is 0 Å². The molecule has 0 bridgehead atoms. The second kappa shape index (κ2) is 15.6. The predicted octanol–water partition coefficient (Wildman–Crippen LogP) is 4.09. The van der Waals surface area contributed by atoms with Crippen LogP contribution in [-0.4, -0.2) is 31.1 Å². The van der Waals surface area contributed by atoms with Crippen molar-refractivity contribution in [2.45, 2.75) is 58.3 Å². The number of nitriles is 2. The minimum Gasteiger partial charge on any atom is -0.464 e. The lowest BCUT2D eigenvalue weighted by Gasteiger charge is -2.12. The average Bonchev–Trinajstić information content (AvgIpc) is 2.57. The van der Waals surface area contributed by atoms with E-state index < -0.39 is 0 Å². The number of esters is 1. The highest BCUT2D eigenvalue weighted by molar-refractivity contribution is 5.71. The number of ether oxygens (including phenoxy) is 1. The summed E-state index contributed by atoms with van der Waals surface area (Å²) in [4.78, 5) is 13.3. The standard InChI is InChI=1S/C19H29N3O2/c1-3-4-5-6-7-8-9-10-14-24-19(23)17-22(2)13-11-12-18(15-20)16-21/h11-13H,3-10,14,17H2,1-2H3. The van der Waals surface area contributed by atoms with E-state index in [4.69, 9.17) is 15.3 Å². The van der Waals surface area contributed by atoms with Gasteiger partial charge in [0, 0.05) is 7.05 Å². The Balaban J connectivity index is 3.69. The number of hydrogen-bond donors (Lipinski definition) is 0. The van der Waals surface area contributed by atoms with Crippen molar-refractivity contribution in [1.29, 1.82) is 10.5 Å². The quantitative estimate of drug-likeness (QED) is 0.220. The first-order chi connectivity index (χ1) is 11.6. The molecule has 0 aliphatic carbocycles. The maximum absolute atomic E-state index is 11.7. The molecule has 5 heteroatoms. The Morgan fingerprint density at radius 3 is 2.21 bits per heavy atom. The highest BCUT2D eigenvalue weighted by Gasteiger charge is 2.04. The highest BCUT2D eigenvalue weighted by atomic mass is 16.5. The molecule has 0 unspecified atom stereocenters. The Morgan fingerprint density at radius 2 is 1.62 bits per heavy atom. The smallest absolute Gasteiger partial charge is 0.325 e. The number of nitrogens with zero attached hydrogens (tertiary/aromatic N) is 3. The van der Waals surface area contributed by atoms with E-state index in [1.165, 1.54) is 44.6 Å². The van der Waals surface area contributed by atoms with Gasteiger partial charge in [-0.1, -0.05) is 51.9 Å². The zero-order valence-corrected chi connectivity index (χ0v) is 15.0. The molecule has 0 amide bonds. The molecule has 0 aromatic heterocycles. The van der Waals surface area contributed by atoms with Crippen LogP contribution in [0.25, 0.3) is 0 Å². The van der Waals surface area contributed by atoms with Crippen LogP contribution in [0.5, 0.6) is 0 Å². The van der Waals surface area contributed by atoms with Crippen molar-refractivity contribution in [3.63, 3.8) is 0 Å². The Bertz CT molecular complexity index is 468. The van der Waals surface area contributed by atoms with Gasteiger partial charge in [0.15, 0.2) is 0 Å². The SMILES string of the molecule is CCCCCCCCCCOC(=O)CN(C)C=CC=C(C#N)C#N. The lowest BCUT2D eigenvalue weighted by molar-refractivity contribution is -0.144. The minimum atomic E-state index is -0.269. The van der Waals surface area contributed by atoms with Gasteiger partial charge in [-0.05, 0) is 24.8 Å². The molecule has 0 fully saturated rings. The molecule has 0 aliphatic heterocycles. The largest absolute Gasteiger partial charge is 0.464 e. The van der Waals surface area contributed by atoms with Crippen LogP contribution in [-0.2, 0) is 9.53 Å². The van der Waals surface area contributed by atoms with Crippen molar-refractivity contribution in [2.75, 3.05) is 20.2 Å². The van der Waals surface area contributed by atoms with Crippen LogP contribution < -0.4 is 0 Å². The van der Waals surface area contributed by atoms with Gasteiger partial charge >= 0.3 is 5.97 Å². The number of hydrogen-bond acceptors (Lipinski definition) is 5. The fourth-order valence-electron chi connectivity index (χ4n) is 2.11. The molecule has 0 heterocycles. The second-order valence-corrected chi connectivity index (χ2v) is 5.76. The van der Waals surface area contributed by atoms with Crippen molar-refractivity contribution < 1.29 is 9.53 Å². The molecule has 0 rings (SSSR count). The average molecular weight is 331 g/mol. The Morgan fingerprint density at radius 1 is 1.04 bits per heavy atom. The van der Waals surface area contributed by atoms with Gasteiger partial charge in [-0.3, -0.25) is 4.79 Å².